The van der Waals surface area contributed by atoms with Crippen molar-refractivity contribution in [2.75, 3.05) is 67.2 Å². The molecule has 0 atom stereocenters. The molecule has 1 aromatic carbocycles. The minimum absolute atomic E-state index is 0.0675. The average molecular weight is 512 g/mol. The van der Waals surface area contributed by atoms with Gasteiger partial charge in [-0.25, -0.2) is 8.42 Å². The van der Waals surface area contributed by atoms with Gasteiger partial charge in [0.25, 0.3) is 0 Å². The van der Waals surface area contributed by atoms with Crippen LogP contribution in [0.15, 0.2) is 17.0 Å². The third-order valence-electron chi connectivity index (χ3n) is 7.08. The summed E-state index contributed by atoms with van der Waals surface area (Å²) in [4.78, 5) is 16.9. The highest BCUT2D eigenvalue weighted by atomic mass is 32.2. The van der Waals surface area contributed by atoms with E-state index in [0.29, 0.717) is 16.9 Å². The number of likely N-dealkylation sites (N-methyl/N-ethyl adjacent to an activating group) is 2. The molecule has 2 aliphatic rings. The maximum atomic E-state index is 13.1. The summed E-state index contributed by atoms with van der Waals surface area (Å²) in [6.45, 7) is 7.83. The van der Waals surface area contributed by atoms with E-state index in [1.165, 1.54) is 37.3 Å². The molecule has 1 heterocycles. The van der Waals surface area contributed by atoms with Crippen LogP contribution in [0.25, 0.3) is 0 Å². The van der Waals surface area contributed by atoms with Crippen molar-refractivity contribution in [1.29, 1.82) is 0 Å². The number of methoxy groups -OCH3 is 1. The molecule has 35 heavy (non-hydrogen) atoms. The molecule has 1 saturated heterocycles. The van der Waals surface area contributed by atoms with Crippen molar-refractivity contribution >= 4 is 15.9 Å². The molecule has 1 aliphatic carbocycles. The van der Waals surface area contributed by atoms with Crippen LogP contribution in [0, 0.1) is 13.8 Å². The van der Waals surface area contributed by atoms with E-state index in [0.717, 1.165) is 26.0 Å². The Morgan fingerprint density at radius 1 is 1.09 bits per heavy atom. The normalized spacial score (nSPS) is 20.7. The van der Waals surface area contributed by atoms with E-state index in [4.69, 9.17) is 14.2 Å². The molecule has 0 radical (unpaired) electrons. The van der Waals surface area contributed by atoms with Crippen molar-refractivity contribution in [2.45, 2.75) is 56.6 Å². The molecule has 0 N–H and O–H groups in total. The summed E-state index contributed by atoms with van der Waals surface area (Å²) >= 11 is 0. The van der Waals surface area contributed by atoms with Crippen LogP contribution >= 0.6 is 0 Å². The van der Waals surface area contributed by atoms with Crippen LogP contribution < -0.4 is 4.74 Å². The Balaban J connectivity index is 1.35. The summed E-state index contributed by atoms with van der Waals surface area (Å²) in [5, 5.41) is 0. The van der Waals surface area contributed by atoms with Crippen molar-refractivity contribution in [3.8, 4) is 5.75 Å². The lowest BCUT2D eigenvalue weighted by Gasteiger charge is -2.41. The highest BCUT2D eigenvalue weighted by Crippen LogP contribution is 2.29. The van der Waals surface area contributed by atoms with E-state index in [1.807, 2.05) is 0 Å². The van der Waals surface area contributed by atoms with E-state index in [-0.39, 0.29) is 42.7 Å². The number of likely N-dealkylation sites (tertiary alicyclic amines) is 1. The van der Waals surface area contributed by atoms with E-state index < -0.39 is 10.0 Å². The highest BCUT2D eigenvalue weighted by Gasteiger charge is 2.35. The number of aryl methyl sites for hydroxylation is 2. The number of amides is 1. The zero-order valence-electron chi connectivity index (χ0n) is 21.8. The predicted molar refractivity (Wildman–Crippen MR) is 134 cm³/mol. The molecule has 10 heteroatoms. The molecular weight excluding hydrogens is 470 g/mol. The van der Waals surface area contributed by atoms with Crippen molar-refractivity contribution in [1.82, 2.24) is 14.1 Å². The topological polar surface area (TPSA) is 88.6 Å². The van der Waals surface area contributed by atoms with Crippen LogP contribution in [0.4, 0.5) is 0 Å². The summed E-state index contributed by atoms with van der Waals surface area (Å²) in [5.74, 6) is 0.525. The van der Waals surface area contributed by atoms with Crippen molar-refractivity contribution < 1.29 is 27.4 Å². The second-order valence-electron chi connectivity index (χ2n) is 9.64. The quantitative estimate of drug-likeness (QED) is 0.375. The standard InChI is InChI=1S/C25H41N3O6S/c1-19-14-22(32-5)15-20(2)25(19)35(30,31)26(3)10-12-33-18-24(29)27(4)21-16-23(17-21)34-13-11-28-8-6-7-9-28/h14-15,21,23H,6-13,16-18H2,1-5H3. The van der Waals surface area contributed by atoms with Gasteiger partial charge in [-0.05, 0) is 75.9 Å². The van der Waals surface area contributed by atoms with Crippen LogP contribution in [0.1, 0.15) is 36.8 Å². The fourth-order valence-corrected chi connectivity index (χ4v) is 6.27. The van der Waals surface area contributed by atoms with Crippen molar-refractivity contribution in [3.63, 3.8) is 0 Å². The van der Waals surface area contributed by atoms with Crippen LogP contribution in [0.2, 0.25) is 0 Å². The van der Waals surface area contributed by atoms with Gasteiger partial charge < -0.3 is 24.0 Å². The van der Waals surface area contributed by atoms with Crippen molar-refractivity contribution in [3.05, 3.63) is 23.3 Å². The third kappa shape index (κ3) is 7.16. The Morgan fingerprint density at radius 2 is 1.71 bits per heavy atom. The lowest BCUT2D eigenvalue weighted by atomic mass is 9.88. The minimum Gasteiger partial charge on any atom is -0.497 e. The number of hydrogen-bond donors (Lipinski definition) is 0. The highest BCUT2D eigenvalue weighted by molar-refractivity contribution is 7.89. The third-order valence-corrected chi connectivity index (χ3v) is 9.25. The summed E-state index contributed by atoms with van der Waals surface area (Å²) in [5.41, 5.74) is 1.26. The Kier molecular flexibility index (Phi) is 9.94. The van der Waals surface area contributed by atoms with Gasteiger partial charge >= 0.3 is 0 Å². The van der Waals surface area contributed by atoms with Gasteiger partial charge in [0.05, 0.1) is 31.3 Å². The molecule has 0 bridgehead atoms. The van der Waals surface area contributed by atoms with Gasteiger partial charge in [-0.1, -0.05) is 0 Å². The van der Waals surface area contributed by atoms with Crippen LogP contribution in [0.3, 0.4) is 0 Å². The van der Waals surface area contributed by atoms with Crippen molar-refractivity contribution in [2.24, 2.45) is 0 Å². The van der Waals surface area contributed by atoms with Gasteiger partial charge in [0, 0.05) is 33.2 Å². The molecule has 0 aromatic heterocycles. The van der Waals surface area contributed by atoms with Gasteiger partial charge in [-0.3, -0.25) is 4.79 Å². The minimum atomic E-state index is -3.68. The fourth-order valence-electron chi connectivity index (χ4n) is 4.71. The average Bonchev–Trinajstić information content (AvgIpc) is 3.30. The van der Waals surface area contributed by atoms with E-state index in [1.54, 1.807) is 45.0 Å². The maximum Gasteiger partial charge on any atom is 0.248 e. The number of sulfonamides is 1. The van der Waals surface area contributed by atoms with Gasteiger partial charge in [0.15, 0.2) is 0 Å². The SMILES string of the molecule is COc1cc(C)c(S(=O)(=O)N(C)CCOCC(=O)N(C)C2CC(OCCN3CCCC3)C2)c(C)c1. The molecular formula is C25H41N3O6S. The van der Waals surface area contributed by atoms with Gasteiger partial charge in [0.1, 0.15) is 12.4 Å². The smallest absolute Gasteiger partial charge is 0.248 e. The number of benzene rings is 1. The molecule has 0 unspecified atom stereocenters. The molecule has 0 spiro atoms. The van der Waals surface area contributed by atoms with Gasteiger partial charge in [-0.2, -0.15) is 4.31 Å². The number of ether oxygens (including phenoxy) is 3. The first kappa shape index (κ1) is 27.9. The van der Waals surface area contributed by atoms with E-state index in [2.05, 4.69) is 4.90 Å². The zero-order valence-corrected chi connectivity index (χ0v) is 22.6. The molecule has 1 aliphatic heterocycles. The number of carbonyl (C=O) groups excluding carboxylic acids is 1. The monoisotopic (exact) mass is 511 g/mol. The second kappa shape index (κ2) is 12.5. The zero-order chi connectivity index (χ0) is 25.6. The first-order valence-corrected chi connectivity index (χ1v) is 13.9. The predicted octanol–water partition coefficient (Wildman–Crippen LogP) is 2.05. The molecule has 3 rings (SSSR count). The first-order valence-electron chi connectivity index (χ1n) is 12.4. The molecule has 1 saturated carbocycles. The summed E-state index contributed by atoms with van der Waals surface area (Å²) in [6.07, 6.45) is 4.50. The number of rotatable bonds is 13. The Labute approximate surface area is 210 Å². The van der Waals surface area contributed by atoms with Gasteiger partial charge in [0.2, 0.25) is 15.9 Å². The lowest BCUT2D eigenvalue weighted by Crippen LogP contribution is -2.50. The number of hydrogen-bond acceptors (Lipinski definition) is 7. The molecule has 2 fully saturated rings. The van der Waals surface area contributed by atoms with Crippen LogP contribution in [-0.4, -0.2) is 108 Å². The summed E-state index contributed by atoms with van der Waals surface area (Å²) in [7, 11) is 1.19. The Hall–Kier alpha value is -1.72. The summed E-state index contributed by atoms with van der Waals surface area (Å²) in [6, 6.07) is 3.59. The maximum absolute atomic E-state index is 13.1. The molecule has 198 valence electrons. The summed E-state index contributed by atoms with van der Waals surface area (Å²) < 4.78 is 44.1. The second-order valence-corrected chi connectivity index (χ2v) is 11.6. The fraction of sp³-hybridized carbons (Fsp3) is 0.720. The largest absolute Gasteiger partial charge is 0.497 e. The molecule has 9 nitrogen and oxygen atoms in total. The Bertz CT molecular complexity index is 935. The van der Waals surface area contributed by atoms with Crippen LogP contribution in [0.5, 0.6) is 5.75 Å². The molecule has 1 aromatic rings. The number of carbonyl (C=O) groups is 1. The number of nitrogens with zero attached hydrogens (tertiary/aromatic N) is 3. The Morgan fingerprint density at radius 3 is 2.31 bits per heavy atom. The van der Waals surface area contributed by atoms with Gasteiger partial charge in [-0.15, -0.1) is 0 Å². The van der Waals surface area contributed by atoms with E-state index >= 15 is 0 Å². The van der Waals surface area contributed by atoms with E-state index in [9.17, 15) is 13.2 Å². The lowest BCUT2D eigenvalue weighted by molar-refractivity contribution is -0.142. The molecule has 1 amide bonds. The van der Waals surface area contributed by atoms with Crippen LogP contribution in [-0.2, 0) is 24.3 Å². The first-order chi connectivity index (χ1) is 16.6.